The number of carbonyl (C=O) groups excluding carboxylic acids is 4. The van der Waals surface area contributed by atoms with Crippen LogP contribution in [0.1, 0.15) is 46.4 Å². The first kappa shape index (κ1) is 15.7. The Morgan fingerprint density at radius 2 is 1.59 bits per heavy atom. The number of hydroxylamine groups is 2. The van der Waals surface area contributed by atoms with Crippen LogP contribution in [0.2, 0.25) is 0 Å². The summed E-state index contributed by atoms with van der Waals surface area (Å²) in [5.41, 5.74) is 0.444. The van der Waals surface area contributed by atoms with Gasteiger partial charge in [0.05, 0.1) is 11.1 Å². The highest BCUT2D eigenvalue weighted by Gasteiger charge is 2.38. The van der Waals surface area contributed by atoms with Gasteiger partial charge in [-0.2, -0.15) is 0 Å². The van der Waals surface area contributed by atoms with Gasteiger partial charge in [0.1, 0.15) is 0 Å². The number of hydrogen-bond donors (Lipinski definition) is 1. The van der Waals surface area contributed by atoms with Crippen molar-refractivity contribution >= 4 is 23.7 Å². The summed E-state index contributed by atoms with van der Waals surface area (Å²) in [7, 11) is 1.54. The topological polar surface area (TPSA) is 92.8 Å². The molecule has 0 bridgehead atoms. The van der Waals surface area contributed by atoms with E-state index in [-0.39, 0.29) is 23.5 Å². The summed E-state index contributed by atoms with van der Waals surface area (Å²) < 4.78 is 0. The zero-order valence-electron chi connectivity index (χ0n) is 12.1. The Morgan fingerprint density at radius 1 is 1.05 bits per heavy atom. The Morgan fingerprint density at radius 3 is 2.14 bits per heavy atom. The third-order valence-corrected chi connectivity index (χ3v) is 3.26. The third-order valence-electron chi connectivity index (χ3n) is 3.26. The average Bonchev–Trinajstić information content (AvgIpc) is 2.77. The predicted molar refractivity (Wildman–Crippen MR) is 75.6 cm³/mol. The van der Waals surface area contributed by atoms with E-state index in [0.717, 1.165) is 0 Å². The number of carbonyl (C=O) groups is 4. The van der Waals surface area contributed by atoms with Crippen LogP contribution < -0.4 is 5.32 Å². The van der Waals surface area contributed by atoms with Crippen molar-refractivity contribution in [2.45, 2.75) is 25.7 Å². The van der Waals surface area contributed by atoms with Gasteiger partial charge < -0.3 is 10.2 Å². The summed E-state index contributed by atoms with van der Waals surface area (Å²) in [4.78, 5) is 51.5. The lowest BCUT2D eigenvalue weighted by Gasteiger charge is -2.12. The van der Waals surface area contributed by atoms with Crippen molar-refractivity contribution in [3.05, 3.63) is 35.4 Å². The van der Waals surface area contributed by atoms with Crippen LogP contribution in [0.5, 0.6) is 0 Å². The van der Waals surface area contributed by atoms with E-state index in [1.165, 1.54) is 12.1 Å². The molecule has 0 atom stereocenters. The van der Waals surface area contributed by atoms with Gasteiger partial charge in [-0.1, -0.05) is 17.2 Å². The van der Waals surface area contributed by atoms with Crippen LogP contribution in [0.4, 0.5) is 0 Å². The lowest BCUT2D eigenvalue weighted by atomic mass is 10.1. The zero-order chi connectivity index (χ0) is 16.1. The zero-order valence-corrected chi connectivity index (χ0v) is 12.1. The quantitative estimate of drug-likeness (QED) is 0.626. The number of rotatable bonds is 6. The molecule has 1 heterocycles. The highest BCUT2D eigenvalue weighted by molar-refractivity contribution is 6.20. The molecular weight excluding hydrogens is 288 g/mol. The number of fused-ring (bicyclic) bond motifs is 1. The minimum absolute atomic E-state index is 0.0321. The second kappa shape index (κ2) is 6.84. The van der Waals surface area contributed by atoms with Gasteiger partial charge in [0.2, 0.25) is 5.91 Å². The number of nitrogens with zero attached hydrogens (tertiary/aromatic N) is 1. The number of unbranched alkanes of at least 4 members (excludes halogenated alkanes) is 1. The Hall–Kier alpha value is -2.70. The first-order valence-electron chi connectivity index (χ1n) is 6.93. The molecule has 0 saturated heterocycles. The Kier molecular flexibility index (Phi) is 4.88. The molecule has 0 radical (unpaired) electrons. The van der Waals surface area contributed by atoms with Gasteiger partial charge in [0, 0.05) is 19.9 Å². The van der Waals surface area contributed by atoms with Crippen LogP contribution in [0.3, 0.4) is 0 Å². The lowest BCUT2D eigenvalue weighted by molar-refractivity contribution is -0.168. The first-order chi connectivity index (χ1) is 10.5. The molecule has 3 amide bonds. The fraction of sp³-hybridized carbons (Fsp3) is 0.333. The Labute approximate surface area is 127 Å². The van der Waals surface area contributed by atoms with E-state index >= 15 is 0 Å². The maximum atomic E-state index is 12.0. The Bertz CT molecular complexity index is 591. The smallest absolute Gasteiger partial charge is 0.333 e. The molecule has 1 aromatic carbocycles. The number of amides is 3. The highest BCUT2D eigenvalue weighted by Crippen LogP contribution is 2.22. The van der Waals surface area contributed by atoms with Gasteiger partial charge in [-0.25, -0.2) is 4.79 Å². The predicted octanol–water partition coefficient (Wildman–Crippen LogP) is 1.05. The summed E-state index contributed by atoms with van der Waals surface area (Å²) in [5, 5.41) is 2.97. The molecule has 2 rings (SSSR count). The SMILES string of the molecule is CNC(=O)CCCCC(=O)ON1C(=O)c2ccccc2C1=O. The average molecular weight is 304 g/mol. The molecule has 1 aliphatic heterocycles. The van der Waals surface area contributed by atoms with E-state index in [1.54, 1.807) is 19.2 Å². The van der Waals surface area contributed by atoms with E-state index in [9.17, 15) is 19.2 Å². The van der Waals surface area contributed by atoms with E-state index in [1.807, 2.05) is 0 Å². The second-order valence-electron chi connectivity index (χ2n) is 4.79. The Balaban J connectivity index is 1.85. The van der Waals surface area contributed by atoms with Gasteiger partial charge in [0.15, 0.2) is 0 Å². The minimum atomic E-state index is -0.675. The van der Waals surface area contributed by atoms with Gasteiger partial charge in [0.25, 0.3) is 11.8 Å². The molecule has 0 aromatic heterocycles. The fourth-order valence-corrected chi connectivity index (χ4v) is 2.08. The molecule has 7 heteroatoms. The molecular formula is C15H16N2O5. The van der Waals surface area contributed by atoms with E-state index in [2.05, 4.69) is 5.32 Å². The molecule has 0 spiro atoms. The van der Waals surface area contributed by atoms with Crippen molar-refractivity contribution in [1.82, 2.24) is 10.4 Å². The van der Waals surface area contributed by atoms with E-state index in [0.29, 0.717) is 24.3 Å². The van der Waals surface area contributed by atoms with Crippen LogP contribution in [0.25, 0.3) is 0 Å². The first-order valence-corrected chi connectivity index (χ1v) is 6.93. The maximum Gasteiger partial charge on any atom is 0.333 e. The van der Waals surface area contributed by atoms with Crippen molar-refractivity contribution in [3.8, 4) is 0 Å². The number of hydrogen-bond acceptors (Lipinski definition) is 5. The molecule has 22 heavy (non-hydrogen) atoms. The van der Waals surface area contributed by atoms with Gasteiger partial charge >= 0.3 is 5.97 Å². The van der Waals surface area contributed by atoms with Crippen molar-refractivity contribution < 1.29 is 24.0 Å². The highest BCUT2D eigenvalue weighted by atomic mass is 16.7. The summed E-state index contributed by atoms with van der Waals surface area (Å²) in [5.74, 6) is -2.06. The third kappa shape index (κ3) is 3.30. The fourth-order valence-electron chi connectivity index (χ4n) is 2.08. The van der Waals surface area contributed by atoms with Crippen LogP contribution in [0, 0.1) is 0 Å². The number of imide groups is 1. The van der Waals surface area contributed by atoms with Crippen molar-refractivity contribution in [2.75, 3.05) is 7.05 Å². The molecule has 1 N–H and O–H groups in total. The molecule has 1 aromatic rings. The normalized spacial score (nSPS) is 13.0. The van der Waals surface area contributed by atoms with E-state index in [4.69, 9.17) is 4.84 Å². The van der Waals surface area contributed by atoms with Crippen LogP contribution in [0.15, 0.2) is 24.3 Å². The van der Waals surface area contributed by atoms with Gasteiger partial charge in [-0.3, -0.25) is 14.4 Å². The van der Waals surface area contributed by atoms with Crippen molar-refractivity contribution in [2.24, 2.45) is 0 Å². The summed E-state index contributed by atoms with van der Waals surface area (Å²) in [6.45, 7) is 0. The summed E-state index contributed by atoms with van der Waals surface area (Å²) in [6, 6.07) is 6.28. The monoisotopic (exact) mass is 304 g/mol. The summed E-state index contributed by atoms with van der Waals surface area (Å²) in [6.07, 6.45) is 1.31. The summed E-state index contributed by atoms with van der Waals surface area (Å²) >= 11 is 0. The van der Waals surface area contributed by atoms with Crippen LogP contribution >= 0.6 is 0 Å². The molecule has 0 unspecified atom stereocenters. The van der Waals surface area contributed by atoms with Crippen LogP contribution in [-0.4, -0.2) is 35.8 Å². The molecule has 7 nitrogen and oxygen atoms in total. The molecule has 116 valence electrons. The number of benzene rings is 1. The minimum Gasteiger partial charge on any atom is -0.359 e. The van der Waals surface area contributed by atoms with Crippen LogP contribution in [-0.2, 0) is 14.4 Å². The standard InChI is InChI=1S/C15H16N2O5/c1-16-12(18)8-4-5-9-13(19)22-17-14(20)10-6-2-3-7-11(10)15(17)21/h2-3,6-7H,4-5,8-9H2,1H3,(H,16,18). The van der Waals surface area contributed by atoms with Gasteiger partial charge in [-0.05, 0) is 25.0 Å². The molecule has 0 fully saturated rings. The maximum absolute atomic E-state index is 12.0. The number of nitrogens with one attached hydrogen (secondary N) is 1. The molecule has 1 aliphatic rings. The van der Waals surface area contributed by atoms with E-state index < -0.39 is 17.8 Å². The lowest BCUT2D eigenvalue weighted by Crippen LogP contribution is -2.32. The second-order valence-corrected chi connectivity index (χ2v) is 4.79. The van der Waals surface area contributed by atoms with Crippen molar-refractivity contribution in [3.63, 3.8) is 0 Å². The largest absolute Gasteiger partial charge is 0.359 e. The molecule has 0 aliphatic carbocycles. The molecule has 0 saturated carbocycles. The van der Waals surface area contributed by atoms with Gasteiger partial charge in [-0.15, -0.1) is 0 Å². The van der Waals surface area contributed by atoms with Crippen molar-refractivity contribution in [1.29, 1.82) is 0 Å².